The van der Waals surface area contributed by atoms with Crippen LogP contribution < -0.4 is 0 Å². The molecular formula is C23H30O4. The molecule has 0 spiro atoms. The minimum atomic E-state index is -0.977. The summed E-state index contributed by atoms with van der Waals surface area (Å²) in [5, 5.41) is 8.92. The fourth-order valence-corrected chi connectivity index (χ4v) is 2.43. The number of carboxylic acids is 1. The highest BCUT2D eigenvalue weighted by atomic mass is 16.5. The lowest BCUT2D eigenvalue weighted by Gasteiger charge is -2.14. The van der Waals surface area contributed by atoms with Gasteiger partial charge in [0, 0.05) is 0 Å². The number of rotatable bonds is 8. The van der Waals surface area contributed by atoms with Crippen molar-refractivity contribution in [2.75, 3.05) is 6.61 Å². The van der Waals surface area contributed by atoms with Crippen LogP contribution in [0.15, 0.2) is 54.6 Å². The van der Waals surface area contributed by atoms with Gasteiger partial charge in [0.05, 0.1) is 18.9 Å². The Balaban J connectivity index is 0.000000433. The fourth-order valence-electron chi connectivity index (χ4n) is 2.43. The molecule has 2 aromatic rings. The molecule has 27 heavy (non-hydrogen) atoms. The lowest BCUT2D eigenvalue weighted by Crippen LogP contribution is -2.23. The predicted octanol–water partition coefficient (Wildman–Crippen LogP) is 4.97. The number of benzene rings is 2. The Hall–Kier alpha value is -2.62. The number of aliphatic carboxylic acids is 1. The van der Waals surface area contributed by atoms with E-state index in [9.17, 15) is 9.59 Å². The topological polar surface area (TPSA) is 63.6 Å². The minimum absolute atomic E-state index is 0.196. The monoisotopic (exact) mass is 370 g/mol. The second-order valence-corrected chi connectivity index (χ2v) is 6.66. The van der Waals surface area contributed by atoms with Gasteiger partial charge in [-0.1, -0.05) is 79.1 Å². The lowest BCUT2D eigenvalue weighted by atomic mass is 9.96. The lowest BCUT2D eigenvalue weighted by molar-refractivity contribution is -0.153. The zero-order valence-corrected chi connectivity index (χ0v) is 16.5. The maximum Gasteiger partial charge on any atom is 0.309 e. The van der Waals surface area contributed by atoms with Crippen molar-refractivity contribution in [3.8, 4) is 0 Å². The number of hydrogen-bond acceptors (Lipinski definition) is 3. The predicted molar refractivity (Wildman–Crippen MR) is 108 cm³/mol. The van der Waals surface area contributed by atoms with Crippen LogP contribution in [-0.2, 0) is 20.7 Å². The molecule has 0 bridgehead atoms. The van der Waals surface area contributed by atoms with E-state index in [1.807, 2.05) is 56.3 Å². The van der Waals surface area contributed by atoms with E-state index in [2.05, 4.69) is 19.1 Å². The first-order valence-electron chi connectivity index (χ1n) is 9.38. The average Bonchev–Trinajstić information content (AvgIpc) is 2.64. The molecule has 0 aromatic heterocycles. The van der Waals surface area contributed by atoms with E-state index >= 15 is 0 Å². The van der Waals surface area contributed by atoms with Gasteiger partial charge in [-0.2, -0.15) is 0 Å². The van der Waals surface area contributed by atoms with Crippen molar-refractivity contribution in [3.63, 3.8) is 0 Å². The third-order valence-corrected chi connectivity index (χ3v) is 4.04. The summed E-state index contributed by atoms with van der Waals surface area (Å²) < 4.78 is 5.14. The van der Waals surface area contributed by atoms with Crippen molar-refractivity contribution in [2.45, 2.75) is 46.5 Å². The molecule has 0 aliphatic carbocycles. The first kappa shape index (κ1) is 22.4. The summed E-state index contributed by atoms with van der Waals surface area (Å²) in [5.74, 6) is -2.01. The van der Waals surface area contributed by atoms with Gasteiger partial charge in [-0.3, -0.25) is 9.59 Å². The van der Waals surface area contributed by atoms with Crippen LogP contribution in [0.1, 0.15) is 42.9 Å². The second kappa shape index (κ2) is 12.7. The largest absolute Gasteiger partial charge is 0.481 e. The molecule has 4 nitrogen and oxygen atoms in total. The smallest absolute Gasteiger partial charge is 0.309 e. The van der Waals surface area contributed by atoms with Crippen molar-refractivity contribution in [1.82, 2.24) is 0 Å². The highest BCUT2D eigenvalue weighted by Gasteiger charge is 2.23. The van der Waals surface area contributed by atoms with E-state index in [4.69, 9.17) is 9.84 Å². The molecule has 2 aromatic carbocycles. The summed E-state index contributed by atoms with van der Waals surface area (Å²) in [6.07, 6.45) is 1.95. The van der Waals surface area contributed by atoms with Gasteiger partial charge in [0.25, 0.3) is 0 Å². The molecule has 0 saturated heterocycles. The SMILES string of the molecule is CCCCOC(=O)C(CC(=O)O)Cc1ccc(C)cc1.Cc1ccccc1. The maximum absolute atomic E-state index is 11.9. The van der Waals surface area contributed by atoms with Gasteiger partial charge in [-0.25, -0.2) is 0 Å². The van der Waals surface area contributed by atoms with E-state index < -0.39 is 17.9 Å². The van der Waals surface area contributed by atoms with Crippen LogP contribution in [0.3, 0.4) is 0 Å². The van der Waals surface area contributed by atoms with Crippen LogP contribution in [0, 0.1) is 19.8 Å². The Morgan fingerprint density at radius 3 is 2.04 bits per heavy atom. The summed E-state index contributed by atoms with van der Waals surface area (Å²) in [6.45, 7) is 6.44. The molecule has 0 radical (unpaired) electrons. The molecule has 0 saturated carbocycles. The van der Waals surface area contributed by atoms with Crippen molar-refractivity contribution in [1.29, 1.82) is 0 Å². The zero-order chi connectivity index (χ0) is 20.1. The third-order valence-electron chi connectivity index (χ3n) is 4.04. The van der Waals surface area contributed by atoms with Gasteiger partial charge in [0.1, 0.15) is 0 Å². The van der Waals surface area contributed by atoms with Crippen LogP contribution in [0.5, 0.6) is 0 Å². The summed E-state index contributed by atoms with van der Waals surface area (Å²) in [4.78, 5) is 22.8. The Morgan fingerprint density at radius 1 is 0.963 bits per heavy atom. The quantitative estimate of drug-likeness (QED) is 0.526. The highest BCUT2D eigenvalue weighted by molar-refractivity contribution is 5.79. The van der Waals surface area contributed by atoms with Gasteiger partial charge in [-0.05, 0) is 32.3 Å². The Kier molecular flexibility index (Phi) is 10.5. The Labute approximate surface area is 162 Å². The van der Waals surface area contributed by atoms with E-state index in [0.717, 1.165) is 24.0 Å². The van der Waals surface area contributed by atoms with E-state index in [1.165, 1.54) is 5.56 Å². The second-order valence-electron chi connectivity index (χ2n) is 6.66. The van der Waals surface area contributed by atoms with E-state index in [0.29, 0.717) is 13.0 Å². The molecule has 1 atom stereocenters. The molecule has 2 rings (SSSR count). The number of carbonyl (C=O) groups excluding carboxylic acids is 1. The third kappa shape index (κ3) is 10.2. The molecule has 146 valence electrons. The van der Waals surface area contributed by atoms with Crippen LogP contribution in [0.25, 0.3) is 0 Å². The minimum Gasteiger partial charge on any atom is -0.481 e. The molecule has 0 aliphatic rings. The molecule has 4 heteroatoms. The summed E-state index contributed by atoms with van der Waals surface area (Å²) in [7, 11) is 0. The molecule has 0 amide bonds. The molecule has 1 unspecified atom stereocenters. The maximum atomic E-state index is 11.9. The van der Waals surface area contributed by atoms with E-state index in [1.54, 1.807) is 0 Å². The highest BCUT2D eigenvalue weighted by Crippen LogP contribution is 2.15. The van der Waals surface area contributed by atoms with Crippen molar-refractivity contribution in [3.05, 3.63) is 71.3 Å². The van der Waals surface area contributed by atoms with Crippen LogP contribution >= 0.6 is 0 Å². The summed E-state index contributed by atoms with van der Waals surface area (Å²) in [5.41, 5.74) is 3.41. The van der Waals surface area contributed by atoms with Crippen LogP contribution in [0.4, 0.5) is 0 Å². The first-order valence-corrected chi connectivity index (χ1v) is 9.38. The number of aryl methyl sites for hydroxylation is 2. The Morgan fingerprint density at radius 2 is 1.56 bits per heavy atom. The molecule has 0 aliphatic heterocycles. The molecular weight excluding hydrogens is 340 g/mol. The van der Waals surface area contributed by atoms with Gasteiger partial charge >= 0.3 is 11.9 Å². The normalized spacial score (nSPS) is 11.1. The number of unbranched alkanes of at least 4 members (excludes halogenated alkanes) is 1. The van der Waals surface area contributed by atoms with Crippen LogP contribution in [-0.4, -0.2) is 23.7 Å². The van der Waals surface area contributed by atoms with Gasteiger partial charge in [0.15, 0.2) is 0 Å². The van der Waals surface area contributed by atoms with Crippen LogP contribution in [0.2, 0.25) is 0 Å². The van der Waals surface area contributed by atoms with E-state index in [-0.39, 0.29) is 6.42 Å². The van der Waals surface area contributed by atoms with Crippen molar-refractivity contribution in [2.24, 2.45) is 5.92 Å². The average molecular weight is 370 g/mol. The molecule has 0 fully saturated rings. The number of carboxylic acid groups (broad SMARTS) is 1. The summed E-state index contributed by atoms with van der Waals surface area (Å²) >= 11 is 0. The number of hydrogen-bond donors (Lipinski definition) is 1. The fraction of sp³-hybridized carbons (Fsp3) is 0.391. The van der Waals surface area contributed by atoms with Crippen molar-refractivity contribution < 1.29 is 19.4 Å². The van der Waals surface area contributed by atoms with Gasteiger partial charge < -0.3 is 9.84 Å². The summed E-state index contributed by atoms with van der Waals surface area (Å²) in [6, 6.07) is 18.0. The standard InChI is InChI=1S/C16H22O4.C7H8/c1-3-4-9-20-16(19)14(11-15(17)18)10-13-7-5-12(2)6-8-13;1-7-5-3-2-4-6-7/h5-8,14H,3-4,9-11H2,1-2H3,(H,17,18);2-6H,1H3. The molecule has 1 N–H and O–H groups in total. The molecule has 0 heterocycles. The Bertz CT molecular complexity index is 677. The number of esters is 1. The zero-order valence-electron chi connectivity index (χ0n) is 16.5. The number of carbonyl (C=O) groups is 2. The van der Waals surface area contributed by atoms with Crippen molar-refractivity contribution >= 4 is 11.9 Å². The van der Waals surface area contributed by atoms with Gasteiger partial charge in [0.2, 0.25) is 0 Å². The number of ether oxygens (including phenoxy) is 1. The first-order chi connectivity index (χ1) is 12.9. The van der Waals surface area contributed by atoms with Gasteiger partial charge in [-0.15, -0.1) is 0 Å².